The Morgan fingerprint density at radius 2 is 1.75 bits per heavy atom. The smallest absolute Gasteiger partial charge is 0.173 e. The van der Waals surface area contributed by atoms with Crippen molar-refractivity contribution < 1.29 is 8.78 Å². The average molecular weight is 341 g/mol. The van der Waals surface area contributed by atoms with Crippen LogP contribution in [0.25, 0.3) is 0 Å². The van der Waals surface area contributed by atoms with E-state index in [2.05, 4.69) is 21.4 Å². The number of rotatable bonds is 3. The van der Waals surface area contributed by atoms with Crippen LogP contribution in [0, 0.1) is 25.5 Å². The Labute approximate surface area is 125 Å². The molecule has 20 heavy (non-hydrogen) atoms. The molecule has 0 saturated heterocycles. The fourth-order valence-corrected chi connectivity index (χ4v) is 2.81. The summed E-state index contributed by atoms with van der Waals surface area (Å²) in [5.41, 5.74) is 6.30. The third kappa shape index (κ3) is 2.75. The molecular weight excluding hydrogens is 326 g/mol. The minimum absolute atomic E-state index is 0.0837. The van der Waals surface area contributed by atoms with Crippen molar-refractivity contribution in [1.29, 1.82) is 0 Å². The Bertz CT molecular complexity index is 644. The van der Waals surface area contributed by atoms with Gasteiger partial charge in [-0.25, -0.2) is 14.2 Å². The van der Waals surface area contributed by atoms with Crippen LogP contribution in [-0.4, -0.2) is 0 Å². The third-order valence-corrected chi connectivity index (χ3v) is 4.08. The van der Waals surface area contributed by atoms with Crippen LogP contribution < -0.4 is 11.3 Å². The van der Waals surface area contributed by atoms with E-state index in [9.17, 15) is 8.78 Å². The van der Waals surface area contributed by atoms with E-state index in [1.807, 2.05) is 32.0 Å². The Balaban J connectivity index is 2.55. The summed E-state index contributed by atoms with van der Waals surface area (Å²) in [6, 6.07) is 8.12. The fraction of sp³-hybridized carbons (Fsp3) is 0.200. The lowest BCUT2D eigenvalue weighted by molar-refractivity contribution is 0.498. The topological polar surface area (TPSA) is 38.0 Å². The number of halogens is 3. The molecule has 106 valence electrons. The summed E-state index contributed by atoms with van der Waals surface area (Å²) in [5, 5.41) is 0. The highest BCUT2D eigenvalue weighted by molar-refractivity contribution is 9.10. The molecule has 0 bridgehead atoms. The lowest BCUT2D eigenvalue weighted by Gasteiger charge is -2.21. The molecule has 0 heterocycles. The number of hydrogen-bond donors (Lipinski definition) is 2. The Hall–Kier alpha value is -1.30. The maximum Gasteiger partial charge on any atom is 0.173 e. The molecule has 0 radical (unpaired) electrons. The molecule has 0 aromatic heterocycles. The molecule has 2 nitrogen and oxygen atoms in total. The summed E-state index contributed by atoms with van der Waals surface area (Å²) in [7, 11) is 0. The van der Waals surface area contributed by atoms with Gasteiger partial charge in [-0.2, -0.15) is 0 Å². The minimum atomic E-state index is -0.910. The van der Waals surface area contributed by atoms with Gasteiger partial charge in [0, 0.05) is 0 Å². The number of benzene rings is 2. The lowest BCUT2D eigenvalue weighted by atomic mass is 9.94. The first-order valence-electron chi connectivity index (χ1n) is 6.12. The van der Waals surface area contributed by atoms with Crippen LogP contribution in [-0.2, 0) is 0 Å². The van der Waals surface area contributed by atoms with E-state index in [1.54, 1.807) is 0 Å². The van der Waals surface area contributed by atoms with E-state index >= 15 is 0 Å². The molecule has 0 saturated carbocycles. The normalized spacial score (nSPS) is 12.5. The van der Waals surface area contributed by atoms with Crippen molar-refractivity contribution in [3.8, 4) is 0 Å². The van der Waals surface area contributed by atoms with Crippen molar-refractivity contribution in [3.05, 3.63) is 68.7 Å². The second kappa shape index (κ2) is 5.99. The second-order valence-electron chi connectivity index (χ2n) is 4.72. The molecule has 2 aromatic carbocycles. The SMILES string of the molecule is Cc1ccc(C(NN)c2ccc(F)c(F)c2Br)c(C)c1. The van der Waals surface area contributed by atoms with Gasteiger partial charge in [-0.1, -0.05) is 29.8 Å². The summed E-state index contributed by atoms with van der Waals surface area (Å²) in [5.74, 6) is 3.81. The van der Waals surface area contributed by atoms with Gasteiger partial charge in [-0.15, -0.1) is 0 Å². The highest BCUT2D eigenvalue weighted by atomic mass is 79.9. The quantitative estimate of drug-likeness (QED) is 0.505. The second-order valence-corrected chi connectivity index (χ2v) is 5.52. The molecule has 2 aromatic rings. The van der Waals surface area contributed by atoms with Crippen LogP contribution in [0.5, 0.6) is 0 Å². The summed E-state index contributed by atoms with van der Waals surface area (Å²) in [4.78, 5) is 0. The van der Waals surface area contributed by atoms with E-state index in [4.69, 9.17) is 5.84 Å². The predicted octanol–water partition coefficient (Wildman–Crippen LogP) is 3.90. The standard InChI is InChI=1S/C15H15BrF2N2/c1-8-3-4-10(9(2)7-8)15(20-19)11-5-6-12(17)14(18)13(11)16/h3-7,15,20H,19H2,1-2H3. The molecule has 0 amide bonds. The van der Waals surface area contributed by atoms with Gasteiger partial charge in [0.1, 0.15) is 0 Å². The number of hydrogen-bond acceptors (Lipinski definition) is 2. The molecule has 0 aliphatic rings. The predicted molar refractivity (Wildman–Crippen MR) is 79.1 cm³/mol. The zero-order valence-electron chi connectivity index (χ0n) is 11.2. The first-order chi connectivity index (χ1) is 9.45. The van der Waals surface area contributed by atoms with Gasteiger partial charge in [-0.05, 0) is 52.5 Å². The van der Waals surface area contributed by atoms with E-state index < -0.39 is 17.7 Å². The maximum absolute atomic E-state index is 13.7. The van der Waals surface area contributed by atoms with Crippen LogP contribution >= 0.6 is 15.9 Å². The van der Waals surface area contributed by atoms with Crippen LogP contribution in [0.3, 0.4) is 0 Å². The average Bonchev–Trinajstić information content (AvgIpc) is 2.41. The minimum Gasteiger partial charge on any atom is -0.271 e. The van der Waals surface area contributed by atoms with Gasteiger partial charge in [0.25, 0.3) is 0 Å². The van der Waals surface area contributed by atoms with Crippen molar-refractivity contribution >= 4 is 15.9 Å². The zero-order chi connectivity index (χ0) is 14.9. The van der Waals surface area contributed by atoms with Crippen molar-refractivity contribution in [1.82, 2.24) is 5.43 Å². The summed E-state index contributed by atoms with van der Waals surface area (Å²) in [6.45, 7) is 3.95. The number of hydrazine groups is 1. The molecule has 1 atom stereocenters. The van der Waals surface area contributed by atoms with E-state index in [-0.39, 0.29) is 4.47 Å². The first kappa shape index (κ1) is 15.1. The summed E-state index contributed by atoms with van der Waals surface area (Å²) < 4.78 is 27.0. The molecule has 0 aliphatic carbocycles. The highest BCUT2D eigenvalue weighted by Crippen LogP contribution is 2.32. The molecule has 3 N–H and O–H groups in total. The zero-order valence-corrected chi connectivity index (χ0v) is 12.8. The van der Waals surface area contributed by atoms with Gasteiger partial charge < -0.3 is 0 Å². The van der Waals surface area contributed by atoms with Crippen molar-refractivity contribution in [2.75, 3.05) is 0 Å². The molecule has 2 rings (SSSR count). The van der Waals surface area contributed by atoms with E-state index in [1.165, 1.54) is 6.07 Å². The van der Waals surface area contributed by atoms with Crippen LogP contribution in [0.15, 0.2) is 34.8 Å². The van der Waals surface area contributed by atoms with Gasteiger partial charge >= 0.3 is 0 Å². The molecule has 0 aliphatic heterocycles. The third-order valence-electron chi connectivity index (χ3n) is 3.28. The van der Waals surface area contributed by atoms with Gasteiger partial charge in [0.2, 0.25) is 0 Å². The monoisotopic (exact) mass is 340 g/mol. The molecule has 0 spiro atoms. The molecular formula is C15H15BrF2N2. The van der Waals surface area contributed by atoms with Crippen LogP contribution in [0.4, 0.5) is 8.78 Å². The fourth-order valence-electron chi connectivity index (χ4n) is 2.26. The van der Waals surface area contributed by atoms with Gasteiger partial charge in [0.05, 0.1) is 10.5 Å². The molecule has 1 unspecified atom stereocenters. The maximum atomic E-state index is 13.7. The van der Waals surface area contributed by atoms with Crippen LogP contribution in [0.2, 0.25) is 0 Å². The van der Waals surface area contributed by atoms with Crippen molar-refractivity contribution in [3.63, 3.8) is 0 Å². The van der Waals surface area contributed by atoms with Crippen molar-refractivity contribution in [2.45, 2.75) is 19.9 Å². The summed E-state index contributed by atoms with van der Waals surface area (Å²) in [6.07, 6.45) is 0. The Kier molecular flexibility index (Phi) is 4.52. The number of aryl methyl sites for hydroxylation is 2. The van der Waals surface area contributed by atoms with E-state index in [0.717, 1.165) is 22.8 Å². The van der Waals surface area contributed by atoms with Crippen molar-refractivity contribution in [2.24, 2.45) is 5.84 Å². The highest BCUT2D eigenvalue weighted by Gasteiger charge is 2.21. The first-order valence-corrected chi connectivity index (χ1v) is 6.91. The van der Waals surface area contributed by atoms with E-state index in [0.29, 0.717) is 5.56 Å². The Morgan fingerprint density at radius 3 is 2.35 bits per heavy atom. The molecule has 5 heteroatoms. The van der Waals surface area contributed by atoms with Crippen LogP contribution in [0.1, 0.15) is 28.3 Å². The largest absolute Gasteiger partial charge is 0.271 e. The van der Waals surface area contributed by atoms with Gasteiger partial charge in [0.15, 0.2) is 11.6 Å². The Morgan fingerprint density at radius 1 is 1.10 bits per heavy atom. The number of nitrogens with one attached hydrogen (secondary N) is 1. The summed E-state index contributed by atoms with van der Waals surface area (Å²) >= 11 is 3.10. The number of nitrogens with two attached hydrogens (primary N) is 1. The van der Waals surface area contributed by atoms with Gasteiger partial charge in [-0.3, -0.25) is 5.84 Å². The molecule has 0 fully saturated rings. The lowest BCUT2D eigenvalue weighted by Crippen LogP contribution is -2.30.